The molecule has 52 heavy (non-hydrogen) atoms. The molecule has 0 aromatic heterocycles. The minimum atomic E-state index is -1.59. The van der Waals surface area contributed by atoms with E-state index in [1.54, 1.807) is 0 Å². The van der Waals surface area contributed by atoms with Gasteiger partial charge in [0.15, 0.2) is 12.4 Å². The van der Waals surface area contributed by atoms with E-state index in [0.717, 1.165) is 51.4 Å². The molecular weight excluding hydrogens is 664 g/mol. The molecule has 10 heteroatoms. The molecule has 10 nitrogen and oxygen atoms in total. The van der Waals surface area contributed by atoms with Gasteiger partial charge in [0.25, 0.3) is 0 Å². The Morgan fingerprint density at radius 1 is 0.596 bits per heavy atom. The zero-order chi connectivity index (χ0) is 38.1. The van der Waals surface area contributed by atoms with Crippen LogP contribution in [-0.4, -0.2) is 89.0 Å². The van der Waals surface area contributed by atoms with Gasteiger partial charge >= 0.3 is 11.9 Å². The molecule has 0 aromatic rings. The lowest BCUT2D eigenvalue weighted by molar-refractivity contribution is -0.305. The highest BCUT2D eigenvalue weighted by atomic mass is 16.7. The molecular formula is C42H76O10. The van der Waals surface area contributed by atoms with Crippen LogP contribution in [0.4, 0.5) is 0 Å². The fraction of sp³-hybridized carbons (Fsp3) is 0.857. The molecule has 0 aromatic carbocycles. The first kappa shape index (κ1) is 48.2. The van der Waals surface area contributed by atoms with Crippen molar-refractivity contribution in [1.82, 2.24) is 0 Å². The number of unbranched alkanes of at least 4 members (excludes halogenated alkanes) is 19. The number of allylic oxidation sites excluding steroid dienone is 4. The lowest BCUT2D eigenvalue weighted by atomic mass is 9.99. The Bertz CT molecular complexity index is 907. The van der Waals surface area contributed by atoms with E-state index in [4.69, 9.17) is 18.9 Å². The second kappa shape index (κ2) is 33.7. The average molecular weight is 741 g/mol. The van der Waals surface area contributed by atoms with E-state index in [0.29, 0.717) is 6.42 Å². The van der Waals surface area contributed by atoms with Crippen LogP contribution < -0.4 is 0 Å². The number of aliphatic hydroxyl groups excluding tert-OH is 4. The Morgan fingerprint density at radius 2 is 1.08 bits per heavy atom. The number of aliphatic hydroxyl groups is 4. The number of ether oxygens (including phenoxy) is 4. The van der Waals surface area contributed by atoms with Crippen LogP contribution in [0, 0.1) is 0 Å². The number of esters is 2. The first-order valence-electron chi connectivity index (χ1n) is 20.9. The molecule has 6 atom stereocenters. The smallest absolute Gasteiger partial charge is 0.306 e. The summed E-state index contributed by atoms with van der Waals surface area (Å²) in [4.78, 5) is 25.2. The monoisotopic (exact) mass is 741 g/mol. The average Bonchev–Trinajstić information content (AvgIpc) is 3.14. The molecule has 0 amide bonds. The largest absolute Gasteiger partial charge is 0.462 e. The van der Waals surface area contributed by atoms with Gasteiger partial charge in [-0.2, -0.15) is 0 Å². The molecule has 1 aliphatic rings. The molecule has 0 radical (unpaired) electrons. The van der Waals surface area contributed by atoms with Crippen molar-refractivity contribution in [2.45, 2.75) is 211 Å². The minimum Gasteiger partial charge on any atom is -0.462 e. The molecule has 1 fully saturated rings. The third-order valence-corrected chi connectivity index (χ3v) is 9.59. The summed E-state index contributed by atoms with van der Waals surface area (Å²) in [5, 5.41) is 39.9. The number of hydrogen-bond donors (Lipinski definition) is 4. The molecule has 4 N–H and O–H groups in total. The summed E-state index contributed by atoms with van der Waals surface area (Å²) in [5.74, 6) is -0.814. The molecule has 2 unspecified atom stereocenters. The SMILES string of the molecule is CCCCC/C=C/C/C=C/CCCCCCCCCC(=O)O[C@H](COC(=O)CCCCCCCCCCCC)CO[C@@H]1O[C@H](CO)[C@H](O)C(O)C1O. The summed E-state index contributed by atoms with van der Waals surface area (Å²) in [6, 6.07) is 0. The van der Waals surface area contributed by atoms with Gasteiger partial charge in [0.2, 0.25) is 0 Å². The Labute approximate surface area is 315 Å². The fourth-order valence-corrected chi connectivity index (χ4v) is 6.22. The van der Waals surface area contributed by atoms with Gasteiger partial charge < -0.3 is 39.4 Å². The van der Waals surface area contributed by atoms with Gasteiger partial charge in [-0.15, -0.1) is 0 Å². The summed E-state index contributed by atoms with van der Waals surface area (Å²) in [5.41, 5.74) is 0. The van der Waals surface area contributed by atoms with E-state index in [-0.39, 0.29) is 32.0 Å². The fourth-order valence-electron chi connectivity index (χ4n) is 6.22. The van der Waals surface area contributed by atoms with Gasteiger partial charge in [-0.1, -0.05) is 141 Å². The zero-order valence-corrected chi connectivity index (χ0v) is 32.8. The highest BCUT2D eigenvalue weighted by Gasteiger charge is 2.44. The van der Waals surface area contributed by atoms with Crippen LogP contribution in [0.25, 0.3) is 0 Å². The Balaban J connectivity index is 2.35. The highest BCUT2D eigenvalue weighted by Crippen LogP contribution is 2.22. The van der Waals surface area contributed by atoms with Gasteiger partial charge in [-0.3, -0.25) is 9.59 Å². The number of carbonyl (C=O) groups is 2. The van der Waals surface area contributed by atoms with Crippen molar-refractivity contribution >= 4 is 11.9 Å². The van der Waals surface area contributed by atoms with Crippen molar-refractivity contribution in [3.05, 3.63) is 24.3 Å². The van der Waals surface area contributed by atoms with E-state index in [1.165, 1.54) is 89.9 Å². The van der Waals surface area contributed by atoms with Crippen LogP contribution in [0.1, 0.15) is 174 Å². The van der Waals surface area contributed by atoms with Gasteiger partial charge in [0.1, 0.15) is 31.0 Å². The Hall–Kier alpha value is -1.82. The van der Waals surface area contributed by atoms with Gasteiger partial charge in [-0.05, 0) is 44.9 Å². The van der Waals surface area contributed by atoms with Crippen LogP contribution >= 0.6 is 0 Å². The minimum absolute atomic E-state index is 0.218. The predicted molar refractivity (Wildman–Crippen MR) is 206 cm³/mol. The second-order valence-electron chi connectivity index (χ2n) is 14.4. The lowest BCUT2D eigenvalue weighted by Crippen LogP contribution is -2.59. The van der Waals surface area contributed by atoms with Gasteiger partial charge in [0.05, 0.1) is 13.2 Å². The number of hydrogen-bond acceptors (Lipinski definition) is 10. The zero-order valence-electron chi connectivity index (χ0n) is 32.8. The third kappa shape index (κ3) is 25.2. The normalized spacial score (nSPS) is 21.2. The maximum atomic E-state index is 12.7. The van der Waals surface area contributed by atoms with Gasteiger partial charge in [-0.25, -0.2) is 0 Å². The van der Waals surface area contributed by atoms with Crippen molar-refractivity contribution in [3.63, 3.8) is 0 Å². The molecule has 1 heterocycles. The van der Waals surface area contributed by atoms with Crippen molar-refractivity contribution in [3.8, 4) is 0 Å². The maximum absolute atomic E-state index is 12.7. The van der Waals surface area contributed by atoms with Crippen molar-refractivity contribution < 1.29 is 49.0 Å². The molecule has 0 aliphatic carbocycles. The molecule has 304 valence electrons. The molecule has 1 rings (SSSR count). The van der Waals surface area contributed by atoms with Crippen molar-refractivity contribution in [2.24, 2.45) is 0 Å². The predicted octanol–water partition coefficient (Wildman–Crippen LogP) is 8.16. The van der Waals surface area contributed by atoms with Crippen molar-refractivity contribution in [2.75, 3.05) is 19.8 Å². The van der Waals surface area contributed by atoms with E-state index >= 15 is 0 Å². The van der Waals surface area contributed by atoms with E-state index in [1.807, 2.05) is 0 Å². The van der Waals surface area contributed by atoms with Crippen LogP contribution in [-0.2, 0) is 28.5 Å². The van der Waals surface area contributed by atoms with Gasteiger partial charge in [0, 0.05) is 12.8 Å². The van der Waals surface area contributed by atoms with Crippen LogP contribution in [0.3, 0.4) is 0 Å². The first-order chi connectivity index (χ1) is 25.3. The summed E-state index contributed by atoms with van der Waals surface area (Å²) in [6.45, 7) is 3.37. The van der Waals surface area contributed by atoms with Crippen molar-refractivity contribution in [1.29, 1.82) is 0 Å². The van der Waals surface area contributed by atoms with Crippen LogP contribution in [0.5, 0.6) is 0 Å². The summed E-state index contributed by atoms with van der Waals surface area (Å²) >= 11 is 0. The van der Waals surface area contributed by atoms with Crippen LogP contribution in [0.15, 0.2) is 24.3 Å². The molecule has 0 saturated carbocycles. The van der Waals surface area contributed by atoms with E-state index in [9.17, 15) is 30.0 Å². The molecule has 1 aliphatic heterocycles. The number of rotatable bonds is 34. The van der Waals surface area contributed by atoms with E-state index in [2.05, 4.69) is 38.2 Å². The first-order valence-corrected chi connectivity index (χ1v) is 20.9. The Morgan fingerprint density at radius 3 is 1.63 bits per heavy atom. The number of carbonyl (C=O) groups excluding carboxylic acids is 2. The summed E-state index contributed by atoms with van der Waals surface area (Å²) in [6.07, 6.45) is 27.6. The quantitative estimate of drug-likeness (QED) is 0.0289. The molecule has 0 bridgehead atoms. The molecule has 1 saturated heterocycles. The maximum Gasteiger partial charge on any atom is 0.306 e. The summed E-state index contributed by atoms with van der Waals surface area (Å²) in [7, 11) is 0. The highest BCUT2D eigenvalue weighted by molar-refractivity contribution is 5.70. The summed E-state index contributed by atoms with van der Waals surface area (Å²) < 4.78 is 22.1. The lowest BCUT2D eigenvalue weighted by Gasteiger charge is -2.39. The Kier molecular flexibility index (Phi) is 31.3. The standard InChI is InChI=1S/C42H76O10/c1-3-5-7-9-11-13-15-16-17-18-19-20-21-23-25-27-29-31-38(45)51-35(34-50-42-41(48)40(47)39(46)36(32-43)52-42)33-49-37(44)30-28-26-24-22-14-12-10-8-6-4-2/h11,13,16-17,35-36,39-43,46-48H,3-10,12,14-15,18-34H2,1-2H3/b13-11+,17-16+/t35-,36-,39+,40?,41?,42-/m1/s1. The van der Waals surface area contributed by atoms with Crippen LogP contribution in [0.2, 0.25) is 0 Å². The topological polar surface area (TPSA) is 152 Å². The third-order valence-electron chi connectivity index (χ3n) is 9.59. The second-order valence-corrected chi connectivity index (χ2v) is 14.4. The van der Waals surface area contributed by atoms with E-state index < -0.39 is 49.4 Å². The molecule has 0 spiro atoms.